The summed E-state index contributed by atoms with van der Waals surface area (Å²) in [5, 5.41) is 13.7. The molecule has 8 heteroatoms. The molecule has 0 radical (unpaired) electrons. The van der Waals surface area contributed by atoms with Crippen LogP contribution in [0.25, 0.3) is 11.1 Å². The topological polar surface area (TPSA) is 110 Å². The van der Waals surface area contributed by atoms with Crippen LogP contribution in [0.3, 0.4) is 0 Å². The molecule has 2 atom stereocenters. The number of carbonyl (C=O) groups excluding carboxylic acids is 3. The zero-order chi connectivity index (χ0) is 25.4. The molecule has 0 aromatic heterocycles. The lowest BCUT2D eigenvalue weighted by Gasteiger charge is -2.18. The highest BCUT2D eigenvalue weighted by molar-refractivity contribution is 6.22. The molecule has 180 valence electrons. The maximum absolute atomic E-state index is 12.9. The Labute approximate surface area is 207 Å². The average molecular weight is 482 g/mol. The van der Waals surface area contributed by atoms with Crippen molar-refractivity contribution in [2.24, 2.45) is 11.8 Å². The van der Waals surface area contributed by atoms with Crippen LogP contribution in [-0.2, 0) is 9.59 Å². The molecule has 1 N–H and O–H groups in total. The van der Waals surface area contributed by atoms with E-state index in [1.807, 2.05) is 25.1 Å². The highest BCUT2D eigenvalue weighted by Gasteiger charge is 2.48. The maximum Gasteiger partial charge on any atom is 0.269 e. The second-order valence-electron chi connectivity index (χ2n) is 9.10. The van der Waals surface area contributed by atoms with Crippen molar-refractivity contribution in [1.82, 2.24) is 0 Å². The lowest BCUT2D eigenvalue weighted by molar-refractivity contribution is -0.384. The molecule has 0 bridgehead atoms. The Morgan fingerprint density at radius 2 is 1.47 bits per heavy atom. The van der Waals surface area contributed by atoms with E-state index in [1.54, 1.807) is 48.5 Å². The Bertz CT molecular complexity index is 1390. The van der Waals surface area contributed by atoms with E-state index in [0.717, 1.165) is 16.7 Å². The van der Waals surface area contributed by atoms with Crippen molar-refractivity contribution in [2.75, 3.05) is 10.2 Å². The minimum atomic E-state index is -0.444. The molecule has 1 aliphatic heterocycles. The van der Waals surface area contributed by atoms with Crippen LogP contribution < -0.4 is 10.2 Å². The summed E-state index contributed by atoms with van der Waals surface area (Å²) in [7, 11) is 0. The number of nitro groups is 1. The lowest BCUT2D eigenvalue weighted by Crippen LogP contribution is -2.30. The third kappa shape index (κ3) is 4.29. The number of hydrogen-bond acceptors (Lipinski definition) is 5. The number of amides is 3. The van der Waals surface area contributed by atoms with E-state index in [2.05, 4.69) is 5.32 Å². The molecular formula is C28H23N3O5. The lowest BCUT2D eigenvalue weighted by atomic mass is 9.82. The predicted molar refractivity (Wildman–Crippen MR) is 135 cm³/mol. The smallest absolute Gasteiger partial charge is 0.269 e. The van der Waals surface area contributed by atoms with E-state index in [9.17, 15) is 24.5 Å². The van der Waals surface area contributed by atoms with Crippen LogP contribution in [0.2, 0.25) is 0 Å². The second kappa shape index (κ2) is 9.22. The van der Waals surface area contributed by atoms with Gasteiger partial charge in [0.15, 0.2) is 0 Å². The first-order valence-corrected chi connectivity index (χ1v) is 11.6. The standard InChI is InChI=1S/C28H23N3O5/c1-17-2-15-24-25(16-17)28(34)30(27(24)33)22-11-7-20(8-12-22)26(32)29-21-9-3-18(4-10-21)19-5-13-23(14-6-19)31(35)36/h2-14,24-25H,15-16H2,1H3,(H,29,32)/t24-,25+/m1/s1. The number of non-ortho nitro benzene ring substituents is 1. The van der Waals surface area contributed by atoms with Gasteiger partial charge in [-0.2, -0.15) is 0 Å². The summed E-state index contributed by atoms with van der Waals surface area (Å²) in [4.78, 5) is 50.1. The molecule has 0 unspecified atom stereocenters. The number of nitrogens with one attached hydrogen (secondary N) is 1. The number of hydrogen-bond donors (Lipinski definition) is 1. The number of fused-ring (bicyclic) bond motifs is 1. The van der Waals surface area contributed by atoms with Crippen molar-refractivity contribution in [1.29, 1.82) is 0 Å². The number of imide groups is 1. The van der Waals surface area contributed by atoms with E-state index in [0.29, 0.717) is 29.8 Å². The molecule has 1 saturated heterocycles. The number of rotatable bonds is 5. The summed E-state index contributed by atoms with van der Waals surface area (Å²) in [5.74, 6) is -1.29. The third-order valence-corrected chi connectivity index (χ3v) is 6.76. The zero-order valence-corrected chi connectivity index (χ0v) is 19.5. The number of nitro benzene ring substituents is 1. The molecule has 3 aromatic rings. The molecule has 1 aliphatic carbocycles. The normalized spacial score (nSPS) is 19.0. The number of anilines is 2. The Kier molecular flexibility index (Phi) is 5.93. The highest BCUT2D eigenvalue weighted by Crippen LogP contribution is 2.39. The largest absolute Gasteiger partial charge is 0.322 e. The van der Waals surface area contributed by atoms with Crippen molar-refractivity contribution in [3.63, 3.8) is 0 Å². The van der Waals surface area contributed by atoms with E-state index < -0.39 is 4.92 Å². The van der Waals surface area contributed by atoms with E-state index in [4.69, 9.17) is 0 Å². The van der Waals surface area contributed by atoms with Gasteiger partial charge in [-0.3, -0.25) is 29.4 Å². The van der Waals surface area contributed by atoms with Crippen molar-refractivity contribution < 1.29 is 19.3 Å². The van der Waals surface area contributed by atoms with Gasteiger partial charge in [-0.1, -0.05) is 23.8 Å². The van der Waals surface area contributed by atoms with Gasteiger partial charge in [0.2, 0.25) is 11.8 Å². The molecule has 0 spiro atoms. The zero-order valence-electron chi connectivity index (χ0n) is 19.5. The third-order valence-electron chi connectivity index (χ3n) is 6.76. The molecule has 3 aromatic carbocycles. The first-order chi connectivity index (χ1) is 17.3. The van der Waals surface area contributed by atoms with Crippen molar-refractivity contribution in [3.8, 4) is 11.1 Å². The molecule has 0 saturated carbocycles. The van der Waals surface area contributed by atoms with Gasteiger partial charge in [-0.25, -0.2) is 0 Å². The minimum Gasteiger partial charge on any atom is -0.322 e. The van der Waals surface area contributed by atoms with Gasteiger partial charge in [0, 0.05) is 23.4 Å². The van der Waals surface area contributed by atoms with Crippen LogP contribution in [0.5, 0.6) is 0 Å². The van der Waals surface area contributed by atoms with Gasteiger partial charge < -0.3 is 5.32 Å². The monoisotopic (exact) mass is 481 g/mol. The minimum absolute atomic E-state index is 0.0255. The number of benzene rings is 3. The number of carbonyl (C=O) groups is 3. The van der Waals surface area contributed by atoms with E-state index >= 15 is 0 Å². The first kappa shape index (κ1) is 23.2. The van der Waals surface area contributed by atoms with Crippen molar-refractivity contribution in [3.05, 3.63) is 100 Å². The van der Waals surface area contributed by atoms with Gasteiger partial charge in [0.25, 0.3) is 11.6 Å². The fourth-order valence-corrected chi connectivity index (χ4v) is 4.78. The molecule has 36 heavy (non-hydrogen) atoms. The Morgan fingerprint density at radius 3 is 2.08 bits per heavy atom. The molecule has 5 rings (SSSR count). The van der Waals surface area contributed by atoms with Crippen LogP contribution in [0.1, 0.15) is 30.1 Å². The average Bonchev–Trinajstić information content (AvgIpc) is 3.13. The quantitative estimate of drug-likeness (QED) is 0.228. The molecule has 1 heterocycles. The molecule has 2 aliphatic rings. The van der Waals surface area contributed by atoms with Crippen molar-refractivity contribution >= 4 is 34.8 Å². The predicted octanol–water partition coefficient (Wildman–Crippen LogP) is 5.36. The van der Waals surface area contributed by atoms with Gasteiger partial charge in [0.05, 0.1) is 22.4 Å². The molecular weight excluding hydrogens is 458 g/mol. The number of nitrogens with zero attached hydrogens (tertiary/aromatic N) is 2. The summed E-state index contributed by atoms with van der Waals surface area (Å²) in [6.07, 6.45) is 3.22. The Hall–Kier alpha value is -4.59. The fourth-order valence-electron chi connectivity index (χ4n) is 4.78. The summed E-state index contributed by atoms with van der Waals surface area (Å²) in [5.41, 5.74) is 4.30. The van der Waals surface area contributed by atoms with Crippen molar-refractivity contribution in [2.45, 2.75) is 19.8 Å². The Balaban J connectivity index is 1.25. The van der Waals surface area contributed by atoms with E-state index in [-0.39, 0.29) is 35.2 Å². The number of allylic oxidation sites excluding steroid dienone is 2. The molecule has 8 nitrogen and oxygen atoms in total. The first-order valence-electron chi connectivity index (χ1n) is 11.6. The van der Waals surface area contributed by atoms with Gasteiger partial charge >= 0.3 is 0 Å². The SMILES string of the molecule is CC1=CC[C@H]2C(=O)N(c3ccc(C(=O)Nc4ccc(-c5ccc([N+](=O)[O-])cc5)cc4)cc3)C(=O)[C@H]2C1. The van der Waals surface area contributed by atoms with Crippen LogP contribution in [0.15, 0.2) is 84.4 Å². The molecule has 3 amide bonds. The summed E-state index contributed by atoms with van der Waals surface area (Å²) in [6.45, 7) is 1.98. The van der Waals surface area contributed by atoms with Gasteiger partial charge in [0.1, 0.15) is 0 Å². The summed E-state index contributed by atoms with van der Waals surface area (Å²) >= 11 is 0. The summed E-state index contributed by atoms with van der Waals surface area (Å²) in [6, 6.07) is 19.8. The fraction of sp³-hybridized carbons (Fsp3) is 0.179. The maximum atomic E-state index is 12.9. The highest BCUT2D eigenvalue weighted by atomic mass is 16.6. The van der Waals surface area contributed by atoms with Gasteiger partial charge in [-0.05, 0) is 79.4 Å². The van der Waals surface area contributed by atoms with E-state index in [1.165, 1.54) is 17.0 Å². The van der Waals surface area contributed by atoms with Crippen LogP contribution in [-0.4, -0.2) is 22.6 Å². The van der Waals surface area contributed by atoms with Crippen LogP contribution in [0.4, 0.5) is 17.1 Å². The summed E-state index contributed by atoms with van der Waals surface area (Å²) < 4.78 is 0. The van der Waals surface area contributed by atoms with Crippen LogP contribution in [0, 0.1) is 22.0 Å². The molecule has 1 fully saturated rings. The van der Waals surface area contributed by atoms with Crippen LogP contribution >= 0.6 is 0 Å². The van der Waals surface area contributed by atoms with Gasteiger partial charge in [-0.15, -0.1) is 0 Å². The Morgan fingerprint density at radius 1 is 0.889 bits per heavy atom. The second-order valence-corrected chi connectivity index (χ2v) is 9.10.